The summed E-state index contributed by atoms with van der Waals surface area (Å²) in [4.78, 5) is 4.10. The molecule has 1 unspecified atom stereocenters. The first kappa shape index (κ1) is 14.8. The normalized spacial score (nSPS) is 12.2. The highest BCUT2D eigenvalue weighted by Gasteiger charge is 2.16. The first-order valence-corrected chi connectivity index (χ1v) is 7.08. The molecule has 0 amide bonds. The number of hydrogen-bond donors (Lipinski definition) is 1. The SMILES string of the molecule is CCNC(Cc1ccccc1Cl)c1ccncc1OC. The Morgan fingerprint density at radius 2 is 2.10 bits per heavy atom. The highest BCUT2D eigenvalue weighted by Crippen LogP contribution is 2.28. The van der Waals surface area contributed by atoms with Gasteiger partial charge in [-0.15, -0.1) is 0 Å². The van der Waals surface area contributed by atoms with E-state index in [1.165, 1.54) is 0 Å². The zero-order chi connectivity index (χ0) is 14.4. The first-order chi connectivity index (χ1) is 9.76. The van der Waals surface area contributed by atoms with Crippen molar-refractivity contribution < 1.29 is 4.74 Å². The summed E-state index contributed by atoms with van der Waals surface area (Å²) in [5, 5.41) is 4.28. The summed E-state index contributed by atoms with van der Waals surface area (Å²) >= 11 is 6.26. The van der Waals surface area contributed by atoms with Crippen molar-refractivity contribution in [2.75, 3.05) is 13.7 Å². The minimum Gasteiger partial charge on any atom is -0.495 e. The Labute approximate surface area is 124 Å². The molecule has 1 atom stereocenters. The van der Waals surface area contributed by atoms with Gasteiger partial charge in [-0.2, -0.15) is 0 Å². The Kier molecular flexibility index (Phi) is 5.39. The van der Waals surface area contributed by atoms with Crippen molar-refractivity contribution in [3.63, 3.8) is 0 Å². The van der Waals surface area contributed by atoms with Crippen LogP contribution in [0.5, 0.6) is 5.75 Å². The van der Waals surface area contributed by atoms with Gasteiger partial charge in [0.2, 0.25) is 0 Å². The van der Waals surface area contributed by atoms with Gasteiger partial charge >= 0.3 is 0 Å². The smallest absolute Gasteiger partial charge is 0.141 e. The van der Waals surface area contributed by atoms with E-state index in [4.69, 9.17) is 16.3 Å². The van der Waals surface area contributed by atoms with E-state index in [1.54, 1.807) is 19.5 Å². The second-order valence-corrected chi connectivity index (χ2v) is 4.93. The summed E-state index contributed by atoms with van der Waals surface area (Å²) in [6.07, 6.45) is 4.34. The number of benzene rings is 1. The summed E-state index contributed by atoms with van der Waals surface area (Å²) in [5.74, 6) is 0.797. The minimum atomic E-state index is 0.151. The molecule has 0 bridgehead atoms. The van der Waals surface area contributed by atoms with E-state index in [0.29, 0.717) is 0 Å². The lowest BCUT2D eigenvalue weighted by Crippen LogP contribution is -2.23. The fourth-order valence-corrected chi connectivity index (χ4v) is 2.48. The van der Waals surface area contributed by atoms with Crippen molar-refractivity contribution in [2.24, 2.45) is 0 Å². The first-order valence-electron chi connectivity index (χ1n) is 6.71. The number of rotatable bonds is 6. The molecule has 1 heterocycles. The van der Waals surface area contributed by atoms with Crippen LogP contribution >= 0.6 is 11.6 Å². The predicted molar refractivity (Wildman–Crippen MR) is 82.4 cm³/mol. The Balaban J connectivity index is 2.29. The summed E-state index contributed by atoms with van der Waals surface area (Å²) in [7, 11) is 1.67. The minimum absolute atomic E-state index is 0.151. The van der Waals surface area contributed by atoms with Gasteiger partial charge < -0.3 is 10.1 Å². The van der Waals surface area contributed by atoms with Crippen LogP contribution in [-0.2, 0) is 6.42 Å². The second kappa shape index (κ2) is 7.27. The standard InChI is InChI=1S/C16H19ClN2O/c1-3-19-15(10-12-6-4-5-7-14(12)17)13-8-9-18-11-16(13)20-2/h4-9,11,15,19H,3,10H2,1-2H3. The van der Waals surface area contributed by atoms with Crippen LogP contribution in [0, 0.1) is 0 Å². The molecular weight excluding hydrogens is 272 g/mol. The van der Waals surface area contributed by atoms with E-state index in [2.05, 4.69) is 23.3 Å². The molecule has 0 radical (unpaired) electrons. The summed E-state index contributed by atoms with van der Waals surface area (Å²) in [6.45, 7) is 2.97. The molecule has 1 N–H and O–H groups in total. The molecule has 1 aromatic heterocycles. The Hall–Kier alpha value is -1.58. The number of methoxy groups -OCH3 is 1. The van der Waals surface area contributed by atoms with Gasteiger partial charge in [0, 0.05) is 22.8 Å². The maximum Gasteiger partial charge on any atom is 0.141 e. The summed E-state index contributed by atoms with van der Waals surface area (Å²) in [5.41, 5.74) is 2.23. The van der Waals surface area contributed by atoms with Crippen molar-refractivity contribution in [3.8, 4) is 5.75 Å². The van der Waals surface area contributed by atoms with Crippen LogP contribution in [0.25, 0.3) is 0 Å². The lowest BCUT2D eigenvalue weighted by atomic mass is 9.99. The molecule has 20 heavy (non-hydrogen) atoms. The number of likely N-dealkylation sites (N-methyl/N-ethyl adjacent to an activating group) is 1. The molecule has 0 saturated heterocycles. The van der Waals surface area contributed by atoms with Gasteiger partial charge in [0.25, 0.3) is 0 Å². The third-order valence-electron chi connectivity index (χ3n) is 3.24. The molecule has 4 heteroatoms. The maximum absolute atomic E-state index is 6.26. The van der Waals surface area contributed by atoms with Crippen molar-refractivity contribution in [3.05, 3.63) is 58.9 Å². The molecule has 0 aliphatic carbocycles. The van der Waals surface area contributed by atoms with Gasteiger partial charge in [-0.25, -0.2) is 0 Å². The molecule has 0 aliphatic heterocycles. The molecule has 0 fully saturated rings. The maximum atomic E-state index is 6.26. The third kappa shape index (κ3) is 3.50. The van der Waals surface area contributed by atoms with Crippen molar-refractivity contribution in [2.45, 2.75) is 19.4 Å². The lowest BCUT2D eigenvalue weighted by molar-refractivity contribution is 0.397. The molecular formula is C16H19ClN2O. The van der Waals surface area contributed by atoms with Gasteiger partial charge in [0.1, 0.15) is 5.75 Å². The fourth-order valence-electron chi connectivity index (χ4n) is 2.27. The van der Waals surface area contributed by atoms with Crippen molar-refractivity contribution in [1.82, 2.24) is 10.3 Å². The van der Waals surface area contributed by atoms with Crippen LogP contribution < -0.4 is 10.1 Å². The largest absolute Gasteiger partial charge is 0.495 e. The van der Waals surface area contributed by atoms with Gasteiger partial charge in [0.15, 0.2) is 0 Å². The number of ether oxygens (including phenoxy) is 1. The molecule has 0 saturated carbocycles. The van der Waals surface area contributed by atoms with Crippen LogP contribution in [0.2, 0.25) is 5.02 Å². The van der Waals surface area contributed by atoms with E-state index in [-0.39, 0.29) is 6.04 Å². The number of nitrogens with zero attached hydrogens (tertiary/aromatic N) is 1. The van der Waals surface area contributed by atoms with Crippen molar-refractivity contribution in [1.29, 1.82) is 0 Å². The van der Waals surface area contributed by atoms with Crippen LogP contribution in [-0.4, -0.2) is 18.6 Å². The molecule has 2 aromatic rings. The molecule has 2 rings (SSSR count). The van der Waals surface area contributed by atoms with Gasteiger partial charge in [-0.05, 0) is 30.7 Å². The monoisotopic (exact) mass is 290 g/mol. The highest BCUT2D eigenvalue weighted by atomic mass is 35.5. The zero-order valence-corrected chi connectivity index (χ0v) is 12.5. The van der Waals surface area contributed by atoms with E-state index >= 15 is 0 Å². The lowest BCUT2D eigenvalue weighted by Gasteiger charge is -2.21. The average Bonchev–Trinajstić information content (AvgIpc) is 2.49. The topological polar surface area (TPSA) is 34.2 Å². The summed E-state index contributed by atoms with van der Waals surface area (Å²) < 4.78 is 5.41. The van der Waals surface area contributed by atoms with E-state index in [1.807, 2.05) is 24.3 Å². The third-order valence-corrected chi connectivity index (χ3v) is 3.61. The number of pyridine rings is 1. The number of halogens is 1. The van der Waals surface area contributed by atoms with E-state index in [9.17, 15) is 0 Å². The van der Waals surface area contributed by atoms with Crippen LogP contribution in [0.15, 0.2) is 42.7 Å². The summed E-state index contributed by atoms with van der Waals surface area (Å²) in [6, 6.07) is 10.1. The number of nitrogens with one attached hydrogen (secondary N) is 1. The van der Waals surface area contributed by atoms with Crippen LogP contribution in [0.1, 0.15) is 24.1 Å². The quantitative estimate of drug-likeness (QED) is 0.882. The average molecular weight is 291 g/mol. The highest BCUT2D eigenvalue weighted by molar-refractivity contribution is 6.31. The molecule has 106 valence electrons. The number of hydrogen-bond acceptors (Lipinski definition) is 3. The van der Waals surface area contributed by atoms with E-state index in [0.717, 1.165) is 34.9 Å². The Morgan fingerprint density at radius 1 is 1.30 bits per heavy atom. The molecule has 0 spiro atoms. The van der Waals surface area contributed by atoms with Crippen LogP contribution in [0.4, 0.5) is 0 Å². The van der Waals surface area contributed by atoms with Crippen molar-refractivity contribution >= 4 is 11.6 Å². The molecule has 0 aliphatic rings. The fraction of sp³-hybridized carbons (Fsp3) is 0.312. The predicted octanol–water partition coefficient (Wildman–Crippen LogP) is 3.64. The van der Waals surface area contributed by atoms with Gasteiger partial charge in [-0.3, -0.25) is 4.98 Å². The number of aromatic nitrogens is 1. The van der Waals surface area contributed by atoms with Crippen LogP contribution in [0.3, 0.4) is 0 Å². The Bertz CT molecular complexity index is 560. The second-order valence-electron chi connectivity index (χ2n) is 4.52. The molecule has 3 nitrogen and oxygen atoms in total. The Morgan fingerprint density at radius 3 is 2.80 bits per heavy atom. The van der Waals surface area contributed by atoms with Gasteiger partial charge in [-0.1, -0.05) is 36.7 Å². The zero-order valence-electron chi connectivity index (χ0n) is 11.8. The van der Waals surface area contributed by atoms with E-state index < -0.39 is 0 Å². The molecule has 1 aromatic carbocycles. The van der Waals surface area contributed by atoms with Gasteiger partial charge in [0.05, 0.1) is 13.3 Å².